The Morgan fingerprint density at radius 3 is 1.60 bits per heavy atom. The summed E-state index contributed by atoms with van der Waals surface area (Å²) in [5.41, 5.74) is 2.05. The van der Waals surface area contributed by atoms with Gasteiger partial charge in [0.25, 0.3) is 0 Å². The van der Waals surface area contributed by atoms with Gasteiger partial charge >= 0.3 is 0 Å². The van der Waals surface area contributed by atoms with Crippen LogP contribution in [0.5, 0.6) is 0 Å². The molecule has 15 heavy (non-hydrogen) atoms. The molecular weight excluding hydrogens is 182 g/mol. The lowest BCUT2D eigenvalue weighted by Gasteiger charge is -2.59. The fourth-order valence-electron chi connectivity index (χ4n) is 4.08. The Balaban J connectivity index is 3.14. The Hall–Kier alpha value is -0.300. The van der Waals surface area contributed by atoms with Crippen molar-refractivity contribution in [3.05, 3.63) is 12.2 Å². The topological polar surface area (TPSA) is 3.24 Å². The standard InChI is InChI=1S/C14H27N/c1-11-9-13(5,6)15(12(2,3)4)14(7,8)10-11/h1,9-10H2,2-8H3. The van der Waals surface area contributed by atoms with Crippen molar-refractivity contribution in [3.8, 4) is 0 Å². The zero-order chi connectivity index (χ0) is 12.1. The molecule has 1 nitrogen and oxygen atoms in total. The minimum absolute atomic E-state index is 0.216. The van der Waals surface area contributed by atoms with Crippen molar-refractivity contribution >= 4 is 0 Å². The molecule has 0 radical (unpaired) electrons. The van der Waals surface area contributed by atoms with E-state index in [-0.39, 0.29) is 16.6 Å². The van der Waals surface area contributed by atoms with Crippen LogP contribution in [0.2, 0.25) is 0 Å². The van der Waals surface area contributed by atoms with Crippen molar-refractivity contribution in [1.82, 2.24) is 4.90 Å². The number of piperidine rings is 1. The van der Waals surface area contributed by atoms with Gasteiger partial charge < -0.3 is 0 Å². The summed E-state index contributed by atoms with van der Waals surface area (Å²) >= 11 is 0. The van der Waals surface area contributed by atoms with Gasteiger partial charge in [-0.05, 0) is 61.3 Å². The lowest BCUT2D eigenvalue weighted by molar-refractivity contribution is -0.0738. The average molecular weight is 209 g/mol. The smallest absolute Gasteiger partial charge is 0.0200 e. The number of nitrogens with zero attached hydrogens (tertiary/aromatic N) is 1. The van der Waals surface area contributed by atoms with E-state index in [1.807, 2.05) is 0 Å². The summed E-state index contributed by atoms with van der Waals surface area (Å²) in [5, 5.41) is 0. The Morgan fingerprint density at radius 2 is 1.33 bits per heavy atom. The molecule has 1 fully saturated rings. The van der Waals surface area contributed by atoms with Crippen LogP contribution in [0.1, 0.15) is 61.3 Å². The van der Waals surface area contributed by atoms with Crippen molar-refractivity contribution in [2.75, 3.05) is 0 Å². The number of likely N-dealkylation sites (tertiary alicyclic amines) is 1. The third-order valence-electron chi connectivity index (χ3n) is 3.25. The molecule has 0 aromatic rings. The summed E-state index contributed by atoms with van der Waals surface area (Å²) < 4.78 is 0. The van der Waals surface area contributed by atoms with Crippen LogP contribution in [-0.4, -0.2) is 21.5 Å². The summed E-state index contributed by atoms with van der Waals surface area (Å²) in [4.78, 5) is 2.65. The normalized spacial score (nSPS) is 26.7. The zero-order valence-electron chi connectivity index (χ0n) is 11.6. The predicted molar refractivity (Wildman–Crippen MR) is 68.1 cm³/mol. The van der Waals surface area contributed by atoms with Gasteiger partial charge in [-0.3, -0.25) is 4.90 Å². The SMILES string of the molecule is C=C1CC(C)(C)N(C(C)(C)C)C(C)(C)C1. The molecule has 0 bridgehead atoms. The highest BCUT2D eigenvalue weighted by Crippen LogP contribution is 2.44. The van der Waals surface area contributed by atoms with Gasteiger partial charge in [0.15, 0.2) is 0 Å². The van der Waals surface area contributed by atoms with Gasteiger partial charge in [-0.25, -0.2) is 0 Å². The van der Waals surface area contributed by atoms with E-state index in [9.17, 15) is 0 Å². The van der Waals surface area contributed by atoms with Gasteiger partial charge in [0.05, 0.1) is 0 Å². The van der Waals surface area contributed by atoms with E-state index in [1.54, 1.807) is 0 Å². The van der Waals surface area contributed by atoms with Crippen LogP contribution in [0.4, 0.5) is 0 Å². The Morgan fingerprint density at radius 1 is 1.00 bits per heavy atom. The van der Waals surface area contributed by atoms with Gasteiger partial charge in [0.2, 0.25) is 0 Å². The summed E-state index contributed by atoms with van der Waals surface area (Å²) in [5.74, 6) is 0. The molecule has 1 rings (SSSR count). The molecule has 0 aromatic heterocycles. The third-order valence-corrected chi connectivity index (χ3v) is 3.25. The van der Waals surface area contributed by atoms with E-state index >= 15 is 0 Å². The molecule has 1 heteroatoms. The second-order valence-electron chi connectivity index (χ2n) is 7.23. The number of hydrogen-bond donors (Lipinski definition) is 0. The van der Waals surface area contributed by atoms with E-state index < -0.39 is 0 Å². The Bertz CT molecular complexity index is 246. The van der Waals surface area contributed by atoms with Crippen LogP contribution >= 0.6 is 0 Å². The molecule has 88 valence electrons. The molecule has 0 saturated carbocycles. The van der Waals surface area contributed by atoms with Gasteiger partial charge in [0, 0.05) is 16.6 Å². The van der Waals surface area contributed by atoms with Crippen molar-refractivity contribution in [2.24, 2.45) is 0 Å². The molecule has 1 heterocycles. The zero-order valence-corrected chi connectivity index (χ0v) is 11.6. The van der Waals surface area contributed by atoms with Crippen LogP contribution in [-0.2, 0) is 0 Å². The first-order valence-corrected chi connectivity index (χ1v) is 5.94. The second-order valence-corrected chi connectivity index (χ2v) is 7.23. The molecule has 1 saturated heterocycles. The molecule has 0 atom stereocenters. The maximum Gasteiger partial charge on any atom is 0.0200 e. The van der Waals surface area contributed by atoms with Crippen LogP contribution < -0.4 is 0 Å². The molecule has 1 aliphatic rings. The molecule has 0 N–H and O–H groups in total. The summed E-state index contributed by atoms with van der Waals surface area (Å²) in [6.45, 7) is 20.5. The fourth-order valence-corrected chi connectivity index (χ4v) is 4.08. The molecule has 0 aliphatic carbocycles. The van der Waals surface area contributed by atoms with E-state index in [4.69, 9.17) is 0 Å². The van der Waals surface area contributed by atoms with Crippen LogP contribution in [0.25, 0.3) is 0 Å². The molecule has 0 amide bonds. The largest absolute Gasteiger partial charge is 0.288 e. The second kappa shape index (κ2) is 3.35. The van der Waals surface area contributed by atoms with Gasteiger partial charge in [-0.1, -0.05) is 12.2 Å². The van der Waals surface area contributed by atoms with Crippen LogP contribution in [0.3, 0.4) is 0 Å². The molecule has 0 aromatic carbocycles. The van der Waals surface area contributed by atoms with Crippen molar-refractivity contribution < 1.29 is 0 Å². The third kappa shape index (κ3) is 2.44. The maximum absolute atomic E-state index is 4.20. The van der Waals surface area contributed by atoms with Crippen molar-refractivity contribution in [3.63, 3.8) is 0 Å². The first-order valence-electron chi connectivity index (χ1n) is 5.94. The van der Waals surface area contributed by atoms with E-state index in [1.165, 1.54) is 5.57 Å². The first kappa shape index (κ1) is 12.8. The maximum atomic E-state index is 4.20. The van der Waals surface area contributed by atoms with Crippen LogP contribution in [0.15, 0.2) is 12.2 Å². The minimum Gasteiger partial charge on any atom is -0.288 e. The highest BCUT2D eigenvalue weighted by atomic mass is 15.3. The van der Waals surface area contributed by atoms with Crippen molar-refractivity contribution in [2.45, 2.75) is 77.9 Å². The van der Waals surface area contributed by atoms with Gasteiger partial charge in [-0.2, -0.15) is 0 Å². The molecule has 0 spiro atoms. The highest BCUT2D eigenvalue weighted by molar-refractivity contribution is 5.16. The highest BCUT2D eigenvalue weighted by Gasteiger charge is 2.47. The van der Waals surface area contributed by atoms with Crippen molar-refractivity contribution in [1.29, 1.82) is 0 Å². The summed E-state index contributed by atoms with van der Waals surface area (Å²) in [6.07, 6.45) is 2.24. The Labute approximate surface area is 95.5 Å². The Kier molecular flexibility index (Phi) is 2.85. The minimum atomic E-state index is 0.216. The predicted octanol–water partition coefficient (Wildman–Crippen LogP) is 3.99. The first-order chi connectivity index (χ1) is 6.47. The fraction of sp³-hybridized carbons (Fsp3) is 0.857. The average Bonchev–Trinajstić information content (AvgIpc) is 1.71. The summed E-state index contributed by atoms with van der Waals surface area (Å²) in [7, 11) is 0. The van der Waals surface area contributed by atoms with E-state index in [2.05, 4.69) is 59.9 Å². The van der Waals surface area contributed by atoms with Crippen LogP contribution in [0, 0.1) is 0 Å². The number of hydrogen-bond acceptors (Lipinski definition) is 1. The van der Waals surface area contributed by atoms with E-state index in [0.717, 1.165) is 12.8 Å². The molecular formula is C14H27N. The lowest BCUT2D eigenvalue weighted by Crippen LogP contribution is -2.65. The number of rotatable bonds is 0. The quantitative estimate of drug-likeness (QED) is 0.545. The molecule has 1 aliphatic heterocycles. The lowest BCUT2D eigenvalue weighted by atomic mass is 9.74. The van der Waals surface area contributed by atoms with Gasteiger partial charge in [-0.15, -0.1) is 0 Å². The monoisotopic (exact) mass is 209 g/mol. The van der Waals surface area contributed by atoms with Gasteiger partial charge in [0.1, 0.15) is 0 Å². The van der Waals surface area contributed by atoms with E-state index in [0.29, 0.717) is 0 Å². The molecule has 0 unspecified atom stereocenters. The summed E-state index contributed by atoms with van der Waals surface area (Å²) in [6, 6.07) is 0.